The normalized spacial score (nSPS) is 12.7. The molecule has 0 aliphatic rings. The molecule has 8 heteroatoms. The SMILES string of the molecule is C/C=C/Cn1c(=O)c2cc(C(=O)NC/C(C)=C/C/C=C(\C)OC)sc2n(C)c1=O. The highest BCUT2D eigenvalue weighted by atomic mass is 32.1. The highest BCUT2D eigenvalue weighted by molar-refractivity contribution is 7.20. The zero-order chi connectivity index (χ0) is 21.6. The number of aromatic nitrogens is 2. The molecule has 0 spiro atoms. The summed E-state index contributed by atoms with van der Waals surface area (Å²) in [4.78, 5) is 38.6. The first-order valence-corrected chi connectivity index (χ1v) is 10.1. The summed E-state index contributed by atoms with van der Waals surface area (Å²) in [5.74, 6) is 0.573. The van der Waals surface area contributed by atoms with Crippen LogP contribution in [0.5, 0.6) is 0 Å². The summed E-state index contributed by atoms with van der Waals surface area (Å²) < 4.78 is 7.66. The predicted octanol–water partition coefficient (Wildman–Crippen LogP) is 2.95. The second-order valence-corrected chi connectivity index (χ2v) is 7.67. The molecule has 2 heterocycles. The second-order valence-electron chi connectivity index (χ2n) is 6.64. The maximum atomic E-state index is 12.7. The number of hydrogen-bond acceptors (Lipinski definition) is 5. The van der Waals surface area contributed by atoms with Gasteiger partial charge in [-0.15, -0.1) is 11.3 Å². The van der Waals surface area contributed by atoms with Gasteiger partial charge in [-0.3, -0.25) is 18.7 Å². The van der Waals surface area contributed by atoms with Gasteiger partial charge in [0.05, 0.1) is 23.1 Å². The first kappa shape index (κ1) is 22.4. The van der Waals surface area contributed by atoms with E-state index in [-0.39, 0.29) is 18.0 Å². The summed E-state index contributed by atoms with van der Waals surface area (Å²) in [5.41, 5.74) is 0.237. The Bertz CT molecular complexity index is 1100. The van der Waals surface area contributed by atoms with Crippen LogP contribution in [0.3, 0.4) is 0 Å². The Morgan fingerprint density at radius 1 is 1.28 bits per heavy atom. The number of rotatable bonds is 8. The van der Waals surface area contributed by atoms with Crippen LogP contribution in [0.15, 0.2) is 51.3 Å². The standard InChI is InChI=1S/C21H27N3O4S/c1-6-7-11-24-19(26)16-12-17(29-20(16)23(4)21(24)27)18(25)22-13-14(2)9-8-10-15(3)28-5/h6-7,9-10,12H,8,11,13H2,1-5H3,(H,22,25)/b7-6+,14-9+,15-10+. The monoisotopic (exact) mass is 417 g/mol. The largest absolute Gasteiger partial charge is 0.502 e. The van der Waals surface area contributed by atoms with Crippen LogP contribution in [0, 0.1) is 0 Å². The van der Waals surface area contributed by atoms with Gasteiger partial charge in [-0.1, -0.05) is 23.8 Å². The van der Waals surface area contributed by atoms with Gasteiger partial charge in [0.2, 0.25) is 0 Å². The van der Waals surface area contributed by atoms with Gasteiger partial charge in [0.15, 0.2) is 0 Å². The molecule has 0 radical (unpaired) electrons. The van der Waals surface area contributed by atoms with Crippen molar-refractivity contribution in [1.82, 2.24) is 14.5 Å². The van der Waals surface area contributed by atoms with Gasteiger partial charge in [-0.05, 0) is 39.3 Å². The molecule has 0 aromatic carbocycles. The van der Waals surface area contributed by atoms with Crippen LogP contribution in [0.2, 0.25) is 0 Å². The number of hydrogen-bond donors (Lipinski definition) is 1. The van der Waals surface area contributed by atoms with Crippen molar-refractivity contribution >= 4 is 27.5 Å². The van der Waals surface area contributed by atoms with Crippen molar-refractivity contribution in [2.24, 2.45) is 7.05 Å². The molecular weight excluding hydrogens is 390 g/mol. The number of fused-ring (bicyclic) bond motifs is 1. The van der Waals surface area contributed by atoms with Crippen LogP contribution < -0.4 is 16.6 Å². The van der Waals surface area contributed by atoms with E-state index in [0.717, 1.165) is 29.1 Å². The first-order chi connectivity index (χ1) is 13.8. The first-order valence-electron chi connectivity index (χ1n) is 9.29. The zero-order valence-electron chi connectivity index (χ0n) is 17.4. The van der Waals surface area contributed by atoms with Crippen LogP contribution in [0.1, 0.15) is 36.9 Å². The van der Waals surface area contributed by atoms with Crippen LogP contribution >= 0.6 is 11.3 Å². The number of aryl methyl sites for hydroxylation is 1. The van der Waals surface area contributed by atoms with Crippen molar-refractivity contribution in [3.05, 3.63) is 67.4 Å². The lowest BCUT2D eigenvalue weighted by Gasteiger charge is -2.05. The van der Waals surface area contributed by atoms with Gasteiger partial charge in [-0.25, -0.2) is 4.79 Å². The average molecular weight is 418 g/mol. The molecule has 0 unspecified atom stereocenters. The maximum Gasteiger partial charge on any atom is 0.332 e. The smallest absolute Gasteiger partial charge is 0.332 e. The van der Waals surface area contributed by atoms with E-state index in [4.69, 9.17) is 4.74 Å². The van der Waals surface area contributed by atoms with Crippen molar-refractivity contribution in [2.75, 3.05) is 13.7 Å². The third-order valence-corrected chi connectivity index (χ3v) is 5.69. The number of nitrogens with zero attached hydrogens (tertiary/aromatic N) is 2. The molecule has 1 N–H and O–H groups in total. The molecule has 0 fully saturated rings. The van der Waals surface area contributed by atoms with Crippen molar-refractivity contribution in [2.45, 2.75) is 33.7 Å². The number of nitrogens with one attached hydrogen (secondary N) is 1. The summed E-state index contributed by atoms with van der Waals surface area (Å²) in [6.45, 7) is 6.25. The molecule has 2 aromatic rings. The molecule has 2 aromatic heterocycles. The fourth-order valence-corrected chi connectivity index (χ4v) is 3.68. The Labute approximate surface area is 173 Å². The third-order valence-electron chi connectivity index (χ3n) is 4.48. The van der Waals surface area contributed by atoms with Gasteiger partial charge in [0, 0.05) is 20.1 Å². The molecular formula is C21H27N3O4S. The fraction of sp³-hybridized carbons (Fsp3) is 0.381. The second kappa shape index (κ2) is 10.1. The lowest BCUT2D eigenvalue weighted by atomic mass is 10.2. The van der Waals surface area contributed by atoms with Gasteiger partial charge < -0.3 is 10.1 Å². The van der Waals surface area contributed by atoms with Crippen molar-refractivity contribution in [3.8, 4) is 0 Å². The van der Waals surface area contributed by atoms with E-state index in [1.165, 1.54) is 9.13 Å². The van der Waals surface area contributed by atoms with E-state index in [1.807, 2.05) is 32.9 Å². The number of ether oxygens (including phenoxy) is 1. The number of amides is 1. The minimum atomic E-state index is -0.396. The predicted molar refractivity (Wildman–Crippen MR) is 118 cm³/mol. The summed E-state index contributed by atoms with van der Waals surface area (Å²) in [6, 6.07) is 1.56. The molecule has 0 aliphatic carbocycles. The molecule has 2 rings (SSSR count). The van der Waals surface area contributed by atoms with Crippen LogP contribution in [-0.4, -0.2) is 28.7 Å². The molecule has 0 bridgehead atoms. The molecule has 1 amide bonds. The minimum Gasteiger partial charge on any atom is -0.502 e. The topological polar surface area (TPSA) is 82.3 Å². The highest BCUT2D eigenvalue weighted by Gasteiger charge is 2.17. The van der Waals surface area contributed by atoms with Gasteiger partial charge >= 0.3 is 5.69 Å². The molecule has 0 aliphatic heterocycles. The Morgan fingerprint density at radius 3 is 2.66 bits per heavy atom. The average Bonchev–Trinajstić information content (AvgIpc) is 3.16. The maximum absolute atomic E-state index is 12.7. The lowest BCUT2D eigenvalue weighted by molar-refractivity contribution is 0.0961. The van der Waals surface area contributed by atoms with E-state index >= 15 is 0 Å². The summed E-state index contributed by atoms with van der Waals surface area (Å²) in [5, 5.41) is 3.23. The zero-order valence-corrected chi connectivity index (χ0v) is 18.3. The number of carbonyl (C=O) groups excluding carboxylic acids is 1. The molecule has 0 atom stereocenters. The van der Waals surface area contributed by atoms with Gasteiger partial charge in [-0.2, -0.15) is 0 Å². The Hall–Kier alpha value is -2.87. The number of allylic oxidation sites excluding steroid dienone is 5. The number of methoxy groups -OCH3 is 1. The Kier molecular flexibility index (Phi) is 7.78. The molecule has 0 saturated heterocycles. The third kappa shape index (κ3) is 5.35. The van der Waals surface area contributed by atoms with Crippen LogP contribution in [0.25, 0.3) is 10.2 Å². The summed E-state index contributed by atoms with van der Waals surface area (Å²) in [6.07, 6.45) is 8.21. The van der Waals surface area contributed by atoms with Crippen molar-refractivity contribution in [1.29, 1.82) is 0 Å². The quantitative estimate of drug-likeness (QED) is 0.529. The summed E-state index contributed by atoms with van der Waals surface area (Å²) in [7, 11) is 3.23. The minimum absolute atomic E-state index is 0.205. The molecule has 7 nitrogen and oxygen atoms in total. The van der Waals surface area contributed by atoms with E-state index in [0.29, 0.717) is 21.6 Å². The van der Waals surface area contributed by atoms with Crippen molar-refractivity contribution in [3.63, 3.8) is 0 Å². The van der Waals surface area contributed by atoms with E-state index in [9.17, 15) is 14.4 Å². The highest BCUT2D eigenvalue weighted by Crippen LogP contribution is 2.21. The van der Waals surface area contributed by atoms with E-state index in [2.05, 4.69) is 5.32 Å². The number of thiophene rings is 1. The van der Waals surface area contributed by atoms with Crippen LogP contribution in [0.4, 0.5) is 0 Å². The van der Waals surface area contributed by atoms with E-state index in [1.54, 1.807) is 32.4 Å². The lowest BCUT2D eigenvalue weighted by Crippen LogP contribution is -2.38. The van der Waals surface area contributed by atoms with Crippen molar-refractivity contribution < 1.29 is 9.53 Å². The van der Waals surface area contributed by atoms with Crippen LogP contribution in [-0.2, 0) is 18.3 Å². The molecule has 0 saturated carbocycles. The van der Waals surface area contributed by atoms with E-state index < -0.39 is 5.69 Å². The molecule has 29 heavy (non-hydrogen) atoms. The number of carbonyl (C=O) groups is 1. The Morgan fingerprint density at radius 2 is 2.00 bits per heavy atom. The van der Waals surface area contributed by atoms with Gasteiger partial charge in [0.1, 0.15) is 4.83 Å². The fourth-order valence-electron chi connectivity index (χ4n) is 2.66. The molecule has 156 valence electrons. The summed E-state index contributed by atoms with van der Waals surface area (Å²) >= 11 is 1.14. The van der Waals surface area contributed by atoms with Gasteiger partial charge in [0.25, 0.3) is 11.5 Å². The Balaban J connectivity index is 2.22.